The SMILES string of the molecule is Cc1ccc(NC(=S)NCCCN2CCCC2=O)cc1F. The molecule has 1 aromatic rings. The van der Waals surface area contributed by atoms with Crippen LogP contribution in [-0.4, -0.2) is 35.6 Å². The van der Waals surface area contributed by atoms with Gasteiger partial charge in [-0.05, 0) is 49.7 Å². The first-order chi connectivity index (χ1) is 10.1. The third-order valence-electron chi connectivity index (χ3n) is 3.49. The Morgan fingerprint density at radius 2 is 2.29 bits per heavy atom. The number of nitrogens with one attached hydrogen (secondary N) is 2. The lowest BCUT2D eigenvalue weighted by Gasteiger charge is -2.16. The molecular weight excluding hydrogens is 289 g/mol. The van der Waals surface area contributed by atoms with Crippen LogP contribution in [0.15, 0.2) is 18.2 Å². The first-order valence-electron chi connectivity index (χ1n) is 7.15. The van der Waals surface area contributed by atoms with Crippen LogP contribution in [0.1, 0.15) is 24.8 Å². The van der Waals surface area contributed by atoms with Crippen molar-refractivity contribution in [2.24, 2.45) is 0 Å². The standard InChI is InChI=1S/C15H20FN3OS/c1-11-5-6-12(10-13(11)16)18-15(21)17-7-3-9-19-8-2-4-14(19)20/h5-6,10H,2-4,7-9H2,1H3,(H2,17,18,21). The Labute approximate surface area is 129 Å². The molecule has 0 atom stereocenters. The molecule has 1 saturated heterocycles. The Balaban J connectivity index is 1.67. The molecule has 0 aliphatic carbocycles. The highest BCUT2D eigenvalue weighted by atomic mass is 32.1. The van der Waals surface area contributed by atoms with Crippen molar-refractivity contribution in [2.45, 2.75) is 26.2 Å². The predicted molar refractivity (Wildman–Crippen MR) is 85.8 cm³/mol. The van der Waals surface area contributed by atoms with E-state index in [1.807, 2.05) is 4.90 Å². The molecule has 1 aliphatic heterocycles. The van der Waals surface area contributed by atoms with E-state index in [0.29, 0.717) is 29.3 Å². The summed E-state index contributed by atoms with van der Waals surface area (Å²) in [6, 6.07) is 4.92. The van der Waals surface area contributed by atoms with Gasteiger partial charge in [0.2, 0.25) is 5.91 Å². The number of carbonyl (C=O) groups excluding carboxylic acids is 1. The summed E-state index contributed by atoms with van der Waals surface area (Å²) in [4.78, 5) is 13.3. The molecule has 1 amide bonds. The smallest absolute Gasteiger partial charge is 0.222 e. The Kier molecular flexibility index (Phi) is 5.50. The van der Waals surface area contributed by atoms with Crippen molar-refractivity contribution in [1.82, 2.24) is 10.2 Å². The minimum absolute atomic E-state index is 0.242. The quantitative estimate of drug-likeness (QED) is 0.648. The van der Waals surface area contributed by atoms with E-state index in [-0.39, 0.29) is 11.7 Å². The second-order valence-corrected chi connectivity index (χ2v) is 5.59. The predicted octanol–water partition coefficient (Wildman–Crippen LogP) is 2.43. The molecule has 0 saturated carbocycles. The fourth-order valence-corrected chi connectivity index (χ4v) is 2.48. The van der Waals surface area contributed by atoms with Crippen molar-refractivity contribution in [3.8, 4) is 0 Å². The molecule has 114 valence electrons. The summed E-state index contributed by atoms with van der Waals surface area (Å²) in [5.41, 5.74) is 1.24. The van der Waals surface area contributed by atoms with Crippen LogP contribution in [-0.2, 0) is 4.79 Å². The molecule has 4 nitrogen and oxygen atoms in total. The van der Waals surface area contributed by atoms with Gasteiger partial charge in [0.25, 0.3) is 0 Å². The fraction of sp³-hybridized carbons (Fsp3) is 0.467. The molecule has 0 spiro atoms. The maximum Gasteiger partial charge on any atom is 0.222 e. The van der Waals surface area contributed by atoms with E-state index in [0.717, 1.165) is 25.9 Å². The van der Waals surface area contributed by atoms with Gasteiger partial charge >= 0.3 is 0 Å². The molecule has 0 aromatic heterocycles. The summed E-state index contributed by atoms with van der Waals surface area (Å²) >= 11 is 5.16. The summed E-state index contributed by atoms with van der Waals surface area (Å²) in [5.74, 6) is -0.0128. The third-order valence-corrected chi connectivity index (χ3v) is 3.74. The van der Waals surface area contributed by atoms with Crippen molar-refractivity contribution in [3.63, 3.8) is 0 Å². The highest BCUT2D eigenvalue weighted by Gasteiger charge is 2.18. The van der Waals surface area contributed by atoms with Crippen LogP contribution < -0.4 is 10.6 Å². The van der Waals surface area contributed by atoms with Crippen LogP contribution in [0.3, 0.4) is 0 Å². The largest absolute Gasteiger partial charge is 0.362 e. The molecule has 1 heterocycles. The third kappa shape index (κ3) is 4.67. The van der Waals surface area contributed by atoms with Crippen molar-refractivity contribution in [1.29, 1.82) is 0 Å². The molecule has 2 N–H and O–H groups in total. The summed E-state index contributed by atoms with van der Waals surface area (Å²) in [6.45, 7) is 4.02. The molecule has 1 aliphatic rings. The number of benzene rings is 1. The van der Waals surface area contributed by atoms with Crippen LogP contribution in [0.4, 0.5) is 10.1 Å². The lowest BCUT2D eigenvalue weighted by Crippen LogP contribution is -2.32. The highest BCUT2D eigenvalue weighted by molar-refractivity contribution is 7.80. The Bertz CT molecular complexity index is 536. The first kappa shape index (κ1) is 15.7. The van der Waals surface area contributed by atoms with E-state index >= 15 is 0 Å². The fourth-order valence-electron chi connectivity index (χ4n) is 2.26. The molecule has 2 rings (SSSR count). The lowest BCUT2D eigenvalue weighted by atomic mass is 10.2. The number of likely N-dealkylation sites (tertiary alicyclic amines) is 1. The molecule has 6 heteroatoms. The number of halogens is 1. The monoisotopic (exact) mass is 309 g/mol. The minimum atomic E-state index is -0.254. The maximum absolute atomic E-state index is 13.4. The van der Waals surface area contributed by atoms with Gasteiger partial charge in [0, 0.05) is 31.7 Å². The summed E-state index contributed by atoms with van der Waals surface area (Å²) < 4.78 is 13.4. The lowest BCUT2D eigenvalue weighted by molar-refractivity contribution is -0.127. The van der Waals surface area contributed by atoms with Crippen LogP contribution >= 0.6 is 12.2 Å². The molecule has 0 radical (unpaired) electrons. The van der Waals surface area contributed by atoms with Crippen molar-refractivity contribution >= 4 is 28.9 Å². The van der Waals surface area contributed by atoms with E-state index in [4.69, 9.17) is 12.2 Å². The van der Waals surface area contributed by atoms with Crippen LogP contribution in [0.5, 0.6) is 0 Å². The normalized spacial score (nSPS) is 14.4. The molecular formula is C15H20FN3OS. The van der Waals surface area contributed by atoms with Gasteiger partial charge < -0.3 is 15.5 Å². The van der Waals surface area contributed by atoms with Crippen LogP contribution in [0.25, 0.3) is 0 Å². The van der Waals surface area contributed by atoms with Gasteiger partial charge in [-0.2, -0.15) is 0 Å². The number of hydrogen-bond acceptors (Lipinski definition) is 2. The van der Waals surface area contributed by atoms with E-state index in [1.165, 1.54) is 6.07 Å². The number of thiocarbonyl (C=S) groups is 1. The summed E-state index contributed by atoms with van der Waals surface area (Å²) in [6.07, 6.45) is 2.48. The average molecular weight is 309 g/mol. The number of rotatable bonds is 5. The second kappa shape index (κ2) is 7.36. The number of anilines is 1. The number of nitrogens with zero attached hydrogens (tertiary/aromatic N) is 1. The van der Waals surface area contributed by atoms with E-state index in [2.05, 4.69) is 10.6 Å². The van der Waals surface area contributed by atoms with Gasteiger partial charge in [-0.15, -0.1) is 0 Å². The Hall–Kier alpha value is -1.69. The molecule has 0 bridgehead atoms. The first-order valence-corrected chi connectivity index (χ1v) is 7.56. The maximum atomic E-state index is 13.4. The molecule has 0 unspecified atom stereocenters. The summed E-state index contributed by atoms with van der Waals surface area (Å²) in [7, 11) is 0. The van der Waals surface area contributed by atoms with Gasteiger partial charge in [-0.25, -0.2) is 4.39 Å². The second-order valence-electron chi connectivity index (χ2n) is 5.18. The number of carbonyl (C=O) groups is 1. The van der Waals surface area contributed by atoms with Crippen molar-refractivity contribution < 1.29 is 9.18 Å². The minimum Gasteiger partial charge on any atom is -0.362 e. The topological polar surface area (TPSA) is 44.4 Å². The molecule has 1 aromatic carbocycles. The van der Waals surface area contributed by atoms with Gasteiger partial charge in [0.1, 0.15) is 5.82 Å². The summed E-state index contributed by atoms with van der Waals surface area (Å²) in [5, 5.41) is 6.47. The Morgan fingerprint density at radius 1 is 1.48 bits per heavy atom. The zero-order valence-electron chi connectivity index (χ0n) is 12.1. The average Bonchev–Trinajstić information content (AvgIpc) is 2.85. The highest BCUT2D eigenvalue weighted by Crippen LogP contribution is 2.13. The van der Waals surface area contributed by atoms with E-state index in [9.17, 15) is 9.18 Å². The van der Waals surface area contributed by atoms with Crippen LogP contribution in [0.2, 0.25) is 0 Å². The van der Waals surface area contributed by atoms with Crippen LogP contribution in [0, 0.1) is 12.7 Å². The van der Waals surface area contributed by atoms with E-state index < -0.39 is 0 Å². The molecule has 21 heavy (non-hydrogen) atoms. The van der Waals surface area contributed by atoms with Gasteiger partial charge in [0.15, 0.2) is 5.11 Å². The Morgan fingerprint density at radius 3 is 2.95 bits per heavy atom. The van der Waals surface area contributed by atoms with Gasteiger partial charge in [-0.1, -0.05) is 6.07 Å². The van der Waals surface area contributed by atoms with E-state index in [1.54, 1.807) is 19.1 Å². The number of hydrogen-bond donors (Lipinski definition) is 2. The zero-order chi connectivity index (χ0) is 15.2. The van der Waals surface area contributed by atoms with Gasteiger partial charge in [-0.3, -0.25) is 4.79 Å². The van der Waals surface area contributed by atoms with Gasteiger partial charge in [0.05, 0.1) is 0 Å². The van der Waals surface area contributed by atoms with Crippen molar-refractivity contribution in [2.75, 3.05) is 25.0 Å². The molecule has 1 fully saturated rings. The zero-order valence-corrected chi connectivity index (χ0v) is 12.9. The number of amides is 1. The van der Waals surface area contributed by atoms with Crippen molar-refractivity contribution in [3.05, 3.63) is 29.6 Å². The number of aryl methyl sites for hydroxylation is 1.